The van der Waals surface area contributed by atoms with Crippen LogP contribution in [0.5, 0.6) is 0 Å². The molecule has 7 nitrogen and oxygen atoms in total. The number of sulfone groups is 1. The minimum absolute atomic E-state index is 0.170. The molecular weight excluding hydrogens is 266 g/mol. The van der Waals surface area contributed by atoms with Crippen LogP contribution in [-0.4, -0.2) is 34.4 Å². The van der Waals surface area contributed by atoms with E-state index < -0.39 is 9.84 Å². The van der Waals surface area contributed by atoms with Crippen molar-refractivity contribution in [3.8, 4) is 0 Å². The average molecular weight is 281 g/mol. The van der Waals surface area contributed by atoms with Gasteiger partial charge in [0.05, 0.1) is 6.04 Å². The molecule has 2 aromatic heterocycles. The van der Waals surface area contributed by atoms with Gasteiger partial charge in [-0.05, 0) is 19.1 Å². The lowest BCUT2D eigenvalue weighted by atomic mass is 10.3. The minimum atomic E-state index is -3.33. The van der Waals surface area contributed by atoms with Crippen molar-refractivity contribution in [2.45, 2.75) is 17.9 Å². The molecule has 0 aromatic carbocycles. The predicted octanol–water partition coefficient (Wildman–Crippen LogP) is 0.787. The summed E-state index contributed by atoms with van der Waals surface area (Å²) in [6.45, 7) is 1.87. The van der Waals surface area contributed by atoms with Crippen LogP contribution in [0.3, 0.4) is 0 Å². The third-order valence-electron chi connectivity index (χ3n) is 2.66. The molecule has 19 heavy (non-hydrogen) atoms. The first-order valence-electron chi connectivity index (χ1n) is 5.65. The van der Waals surface area contributed by atoms with E-state index in [-0.39, 0.29) is 10.9 Å². The zero-order chi connectivity index (χ0) is 14.0. The molecule has 0 aliphatic rings. The number of nitrogens with zero attached hydrogens (tertiary/aromatic N) is 4. The van der Waals surface area contributed by atoms with Gasteiger partial charge in [0.25, 0.3) is 0 Å². The van der Waals surface area contributed by atoms with E-state index in [1.165, 1.54) is 6.07 Å². The van der Waals surface area contributed by atoms with Crippen molar-refractivity contribution in [2.24, 2.45) is 7.05 Å². The van der Waals surface area contributed by atoms with Crippen LogP contribution in [0, 0.1) is 0 Å². The lowest BCUT2D eigenvalue weighted by Crippen LogP contribution is -2.15. The average Bonchev–Trinajstić information content (AvgIpc) is 2.75. The molecule has 1 unspecified atom stereocenters. The molecule has 0 radical (unpaired) electrons. The molecule has 102 valence electrons. The van der Waals surface area contributed by atoms with Crippen molar-refractivity contribution < 1.29 is 8.42 Å². The van der Waals surface area contributed by atoms with Crippen molar-refractivity contribution >= 4 is 15.7 Å². The zero-order valence-electron chi connectivity index (χ0n) is 10.9. The lowest BCUT2D eigenvalue weighted by molar-refractivity contribution is 0.601. The number of rotatable bonds is 4. The van der Waals surface area contributed by atoms with E-state index in [2.05, 4.69) is 20.5 Å². The van der Waals surface area contributed by atoms with Gasteiger partial charge in [0.2, 0.25) is 0 Å². The molecule has 0 saturated heterocycles. The summed E-state index contributed by atoms with van der Waals surface area (Å²) in [4.78, 5) is 4.25. The minimum Gasteiger partial charge on any atom is -0.359 e. The maximum atomic E-state index is 11.7. The molecule has 0 fully saturated rings. The van der Waals surface area contributed by atoms with Gasteiger partial charge in [0, 0.05) is 19.5 Å². The number of aryl methyl sites for hydroxylation is 1. The molecule has 0 aliphatic heterocycles. The summed E-state index contributed by atoms with van der Waals surface area (Å²) in [6, 6.07) is 2.91. The number of anilines is 1. The van der Waals surface area contributed by atoms with Crippen LogP contribution >= 0.6 is 0 Å². The molecule has 0 amide bonds. The molecule has 2 aromatic rings. The van der Waals surface area contributed by atoms with Crippen LogP contribution in [0.2, 0.25) is 0 Å². The number of hydrogen-bond acceptors (Lipinski definition) is 6. The molecule has 0 aliphatic carbocycles. The Labute approximate surface area is 111 Å². The van der Waals surface area contributed by atoms with Crippen molar-refractivity contribution in [2.75, 3.05) is 11.6 Å². The molecule has 8 heteroatoms. The predicted molar refractivity (Wildman–Crippen MR) is 70.4 cm³/mol. The van der Waals surface area contributed by atoms with Crippen LogP contribution < -0.4 is 5.32 Å². The van der Waals surface area contributed by atoms with Gasteiger partial charge in [-0.15, -0.1) is 10.2 Å². The van der Waals surface area contributed by atoms with Gasteiger partial charge in [-0.1, -0.05) is 0 Å². The number of aromatic nitrogens is 4. The van der Waals surface area contributed by atoms with E-state index in [0.717, 1.165) is 6.26 Å². The Hall–Kier alpha value is -1.96. The SMILES string of the molecule is CC(Nc1ncccc1S(C)(=O)=O)c1nncn1C. The van der Waals surface area contributed by atoms with Crippen LogP contribution in [0.4, 0.5) is 5.82 Å². The van der Waals surface area contributed by atoms with Crippen molar-refractivity contribution in [1.82, 2.24) is 19.7 Å². The van der Waals surface area contributed by atoms with Gasteiger partial charge in [-0.25, -0.2) is 13.4 Å². The quantitative estimate of drug-likeness (QED) is 0.891. The normalized spacial score (nSPS) is 13.2. The summed E-state index contributed by atoms with van der Waals surface area (Å²) in [5, 5.41) is 10.8. The first-order valence-corrected chi connectivity index (χ1v) is 7.54. The van der Waals surface area contributed by atoms with Crippen LogP contribution in [0.25, 0.3) is 0 Å². The third-order valence-corrected chi connectivity index (χ3v) is 3.79. The van der Waals surface area contributed by atoms with E-state index >= 15 is 0 Å². The largest absolute Gasteiger partial charge is 0.359 e. The van der Waals surface area contributed by atoms with Crippen molar-refractivity contribution in [3.05, 3.63) is 30.5 Å². The number of nitrogens with one attached hydrogen (secondary N) is 1. The Morgan fingerprint density at radius 3 is 2.74 bits per heavy atom. The second-order valence-corrected chi connectivity index (χ2v) is 6.27. The second kappa shape index (κ2) is 4.96. The highest BCUT2D eigenvalue weighted by Gasteiger charge is 2.18. The standard InChI is InChI=1S/C11H15N5O2S/c1-8(11-15-13-7-16(11)2)14-10-9(19(3,17)18)5-4-6-12-10/h4-8H,1-3H3,(H,12,14). The van der Waals surface area contributed by atoms with Gasteiger partial charge < -0.3 is 9.88 Å². The van der Waals surface area contributed by atoms with E-state index in [9.17, 15) is 8.42 Å². The fraction of sp³-hybridized carbons (Fsp3) is 0.364. The zero-order valence-corrected chi connectivity index (χ0v) is 11.7. The van der Waals surface area contributed by atoms with Crippen LogP contribution in [0.1, 0.15) is 18.8 Å². The van der Waals surface area contributed by atoms with Gasteiger partial charge in [-0.3, -0.25) is 0 Å². The van der Waals surface area contributed by atoms with Gasteiger partial charge in [-0.2, -0.15) is 0 Å². The highest BCUT2D eigenvalue weighted by atomic mass is 32.2. The van der Waals surface area contributed by atoms with Crippen LogP contribution in [-0.2, 0) is 16.9 Å². The summed E-state index contributed by atoms with van der Waals surface area (Å²) in [7, 11) is -1.50. The van der Waals surface area contributed by atoms with Crippen LogP contribution in [0.15, 0.2) is 29.6 Å². The Morgan fingerprint density at radius 1 is 1.42 bits per heavy atom. The number of hydrogen-bond donors (Lipinski definition) is 1. The highest BCUT2D eigenvalue weighted by molar-refractivity contribution is 7.90. The molecular formula is C11H15N5O2S. The summed E-state index contributed by atoms with van der Waals surface area (Å²) in [5.74, 6) is 1.02. The molecule has 1 N–H and O–H groups in total. The molecule has 0 bridgehead atoms. The number of pyridine rings is 1. The Morgan fingerprint density at radius 2 is 2.16 bits per heavy atom. The third kappa shape index (κ3) is 2.90. The Bertz CT molecular complexity index is 680. The highest BCUT2D eigenvalue weighted by Crippen LogP contribution is 2.22. The van der Waals surface area contributed by atoms with E-state index in [1.54, 1.807) is 23.2 Å². The van der Waals surface area contributed by atoms with E-state index in [1.807, 2.05) is 14.0 Å². The fourth-order valence-electron chi connectivity index (χ4n) is 1.75. The first-order chi connectivity index (χ1) is 8.89. The van der Waals surface area contributed by atoms with Crippen molar-refractivity contribution in [1.29, 1.82) is 0 Å². The van der Waals surface area contributed by atoms with Crippen molar-refractivity contribution in [3.63, 3.8) is 0 Å². The molecule has 2 rings (SSSR count). The molecule has 0 spiro atoms. The van der Waals surface area contributed by atoms with Gasteiger partial charge >= 0.3 is 0 Å². The summed E-state index contributed by atoms with van der Waals surface area (Å²) in [5.41, 5.74) is 0. The lowest BCUT2D eigenvalue weighted by Gasteiger charge is -2.15. The first kappa shape index (κ1) is 13.5. The monoisotopic (exact) mass is 281 g/mol. The topological polar surface area (TPSA) is 89.8 Å². The summed E-state index contributed by atoms with van der Waals surface area (Å²) in [6.07, 6.45) is 4.28. The Balaban J connectivity index is 2.32. The fourth-order valence-corrected chi connectivity index (χ4v) is 2.54. The molecule has 2 heterocycles. The summed E-state index contributed by atoms with van der Waals surface area (Å²) < 4.78 is 25.1. The van der Waals surface area contributed by atoms with E-state index in [4.69, 9.17) is 0 Å². The van der Waals surface area contributed by atoms with Gasteiger partial charge in [0.15, 0.2) is 15.7 Å². The maximum absolute atomic E-state index is 11.7. The smallest absolute Gasteiger partial charge is 0.179 e. The maximum Gasteiger partial charge on any atom is 0.179 e. The van der Waals surface area contributed by atoms with E-state index in [0.29, 0.717) is 11.6 Å². The Kier molecular flexibility index (Phi) is 3.52. The second-order valence-electron chi connectivity index (χ2n) is 4.29. The molecule has 0 saturated carbocycles. The van der Waals surface area contributed by atoms with Gasteiger partial charge in [0.1, 0.15) is 17.0 Å². The summed E-state index contributed by atoms with van der Waals surface area (Å²) >= 11 is 0. The molecule has 1 atom stereocenters.